The van der Waals surface area contributed by atoms with Crippen molar-refractivity contribution >= 4 is 11.9 Å². The third kappa shape index (κ3) is 2.78. The highest BCUT2D eigenvalue weighted by Gasteiger charge is 2.16. The molecule has 0 saturated carbocycles. The van der Waals surface area contributed by atoms with Crippen molar-refractivity contribution in [1.29, 1.82) is 5.26 Å². The van der Waals surface area contributed by atoms with Gasteiger partial charge in [0.05, 0.1) is 18.1 Å². The maximum atomic E-state index is 11.5. The lowest BCUT2D eigenvalue weighted by atomic mass is 10.2. The number of aromatic carboxylic acids is 1. The lowest BCUT2D eigenvalue weighted by Gasteiger charge is -2.04. The molecular weight excluding hydrogens is 210 g/mol. The van der Waals surface area contributed by atoms with Crippen LogP contribution in [0.4, 0.5) is 0 Å². The highest BCUT2D eigenvalue weighted by Crippen LogP contribution is 2.04. The van der Waals surface area contributed by atoms with E-state index >= 15 is 0 Å². The van der Waals surface area contributed by atoms with Crippen LogP contribution in [0.2, 0.25) is 0 Å². The minimum atomic E-state index is -1.21. The molecule has 16 heavy (non-hydrogen) atoms. The molecule has 0 aliphatic carbocycles. The third-order valence-corrected chi connectivity index (χ3v) is 1.78. The van der Waals surface area contributed by atoms with Crippen LogP contribution in [0.25, 0.3) is 0 Å². The predicted molar refractivity (Wildman–Crippen MR) is 53.8 cm³/mol. The van der Waals surface area contributed by atoms with E-state index < -0.39 is 11.9 Å². The van der Waals surface area contributed by atoms with Crippen molar-refractivity contribution in [1.82, 2.24) is 10.3 Å². The zero-order valence-electron chi connectivity index (χ0n) is 8.30. The standard InChI is InChI=1S/C10H9N3O3/c11-4-2-6-13-9(14)8-7(10(15)16)3-1-5-12-8/h1,3,5H,2,6H2,(H,13,14)(H,15,16). The highest BCUT2D eigenvalue weighted by molar-refractivity contribution is 6.03. The first-order valence-corrected chi connectivity index (χ1v) is 4.50. The molecular formula is C10H9N3O3. The van der Waals surface area contributed by atoms with Crippen molar-refractivity contribution in [3.8, 4) is 6.07 Å². The summed E-state index contributed by atoms with van der Waals surface area (Å²) < 4.78 is 0. The first-order chi connectivity index (χ1) is 7.66. The van der Waals surface area contributed by atoms with Crippen LogP contribution in [0.5, 0.6) is 0 Å². The largest absolute Gasteiger partial charge is 0.478 e. The first-order valence-electron chi connectivity index (χ1n) is 4.50. The molecule has 6 heteroatoms. The van der Waals surface area contributed by atoms with Crippen LogP contribution in [-0.4, -0.2) is 28.5 Å². The van der Waals surface area contributed by atoms with Crippen LogP contribution >= 0.6 is 0 Å². The number of nitrogens with zero attached hydrogens (tertiary/aromatic N) is 2. The lowest BCUT2D eigenvalue weighted by Crippen LogP contribution is -2.27. The zero-order valence-corrected chi connectivity index (χ0v) is 8.30. The third-order valence-electron chi connectivity index (χ3n) is 1.78. The second-order valence-corrected chi connectivity index (χ2v) is 2.87. The monoisotopic (exact) mass is 219 g/mol. The van der Waals surface area contributed by atoms with Crippen molar-refractivity contribution in [2.45, 2.75) is 6.42 Å². The second-order valence-electron chi connectivity index (χ2n) is 2.87. The number of hydrogen-bond acceptors (Lipinski definition) is 4. The molecule has 1 rings (SSSR count). The number of pyridine rings is 1. The second kappa shape index (κ2) is 5.46. The number of carbonyl (C=O) groups is 2. The molecule has 1 aromatic rings. The quantitative estimate of drug-likeness (QED) is 0.714. The van der Waals surface area contributed by atoms with Gasteiger partial charge in [0.15, 0.2) is 0 Å². The van der Waals surface area contributed by atoms with Crippen molar-refractivity contribution in [2.24, 2.45) is 0 Å². The molecule has 82 valence electrons. The summed E-state index contributed by atoms with van der Waals surface area (Å²) in [5, 5.41) is 19.5. The summed E-state index contributed by atoms with van der Waals surface area (Å²) in [5.41, 5.74) is -0.301. The zero-order chi connectivity index (χ0) is 12.0. The highest BCUT2D eigenvalue weighted by atomic mass is 16.4. The van der Waals surface area contributed by atoms with Gasteiger partial charge in [-0.15, -0.1) is 0 Å². The minimum Gasteiger partial charge on any atom is -0.478 e. The van der Waals surface area contributed by atoms with E-state index in [1.807, 2.05) is 6.07 Å². The van der Waals surface area contributed by atoms with E-state index in [0.29, 0.717) is 0 Å². The molecule has 1 amide bonds. The molecule has 0 saturated heterocycles. The fourth-order valence-corrected chi connectivity index (χ4v) is 1.07. The van der Waals surface area contributed by atoms with Gasteiger partial charge in [0.25, 0.3) is 5.91 Å². The minimum absolute atomic E-state index is 0.145. The topological polar surface area (TPSA) is 103 Å². The lowest BCUT2D eigenvalue weighted by molar-refractivity contribution is 0.0690. The first kappa shape index (κ1) is 11.7. The maximum Gasteiger partial charge on any atom is 0.338 e. The Kier molecular flexibility index (Phi) is 3.98. The van der Waals surface area contributed by atoms with Crippen LogP contribution in [0.15, 0.2) is 18.3 Å². The van der Waals surface area contributed by atoms with Crippen LogP contribution < -0.4 is 5.32 Å². The Bertz CT molecular complexity index is 451. The summed E-state index contributed by atoms with van der Waals surface area (Å²) in [5.74, 6) is -1.80. The molecule has 0 fully saturated rings. The molecule has 2 N–H and O–H groups in total. The summed E-state index contributed by atoms with van der Waals surface area (Å²) in [6.45, 7) is 0.172. The van der Waals surface area contributed by atoms with E-state index in [-0.39, 0.29) is 24.2 Å². The number of nitriles is 1. The normalized spacial score (nSPS) is 9.19. The number of nitrogens with one attached hydrogen (secondary N) is 1. The molecule has 0 spiro atoms. The Morgan fingerprint density at radius 3 is 2.94 bits per heavy atom. The fraction of sp³-hybridized carbons (Fsp3) is 0.200. The molecule has 0 bridgehead atoms. The fourth-order valence-electron chi connectivity index (χ4n) is 1.07. The van der Waals surface area contributed by atoms with Crippen LogP contribution in [-0.2, 0) is 0 Å². The average molecular weight is 219 g/mol. The Labute approximate surface area is 91.5 Å². The van der Waals surface area contributed by atoms with E-state index in [2.05, 4.69) is 10.3 Å². The Morgan fingerprint density at radius 1 is 1.56 bits per heavy atom. The number of carbonyl (C=O) groups excluding carboxylic acids is 1. The van der Waals surface area contributed by atoms with E-state index in [1.54, 1.807) is 0 Å². The molecule has 1 aromatic heterocycles. The summed E-state index contributed by atoms with van der Waals surface area (Å²) in [4.78, 5) is 26.0. The van der Waals surface area contributed by atoms with E-state index in [9.17, 15) is 9.59 Å². The Balaban J connectivity index is 2.83. The molecule has 6 nitrogen and oxygen atoms in total. The smallest absolute Gasteiger partial charge is 0.338 e. The van der Waals surface area contributed by atoms with E-state index in [4.69, 9.17) is 10.4 Å². The van der Waals surface area contributed by atoms with Gasteiger partial charge in [0.2, 0.25) is 0 Å². The SMILES string of the molecule is N#CCCNC(=O)c1ncccc1C(=O)O. The van der Waals surface area contributed by atoms with Crippen LogP contribution in [0, 0.1) is 11.3 Å². The molecule has 0 aromatic carbocycles. The number of aromatic nitrogens is 1. The Morgan fingerprint density at radius 2 is 2.31 bits per heavy atom. The van der Waals surface area contributed by atoms with E-state index in [1.165, 1.54) is 18.3 Å². The number of amides is 1. The summed E-state index contributed by atoms with van der Waals surface area (Å²) >= 11 is 0. The number of rotatable bonds is 4. The van der Waals surface area contributed by atoms with Crippen LogP contribution in [0.1, 0.15) is 27.3 Å². The van der Waals surface area contributed by atoms with Gasteiger partial charge in [-0.3, -0.25) is 9.78 Å². The summed E-state index contributed by atoms with van der Waals surface area (Å²) in [6.07, 6.45) is 1.51. The van der Waals surface area contributed by atoms with Gasteiger partial charge < -0.3 is 10.4 Å². The molecule has 0 aliphatic heterocycles. The summed E-state index contributed by atoms with van der Waals surface area (Å²) in [7, 11) is 0. The van der Waals surface area contributed by atoms with Crippen molar-refractivity contribution in [3.05, 3.63) is 29.6 Å². The Hall–Kier alpha value is -2.42. The predicted octanol–water partition coefficient (Wildman–Crippen LogP) is 0.423. The maximum absolute atomic E-state index is 11.5. The molecule has 0 atom stereocenters. The van der Waals surface area contributed by atoms with Crippen molar-refractivity contribution in [3.63, 3.8) is 0 Å². The number of hydrogen-bond donors (Lipinski definition) is 2. The van der Waals surface area contributed by atoms with Gasteiger partial charge in [-0.1, -0.05) is 0 Å². The molecule has 1 heterocycles. The van der Waals surface area contributed by atoms with Gasteiger partial charge in [-0.2, -0.15) is 5.26 Å². The van der Waals surface area contributed by atoms with Gasteiger partial charge in [0.1, 0.15) is 5.69 Å². The van der Waals surface area contributed by atoms with E-state index in [0.717, 1.165) is 0 Å². The van der Waals surface area contributed by atoms with Gasteiger partial charge in [-0.05, 0) is 12.1 Å². The van der Waals surface area contributed by atoms with Crippen molar-refractivity contribution in [2.75, 3.05) is 6.54 Å². The molecule has 0 unspecified atom stereocenters. The summed E-state index contributed by atoms with van der Waals surface area (Å²) in [6, 6.07) is 4.60. The van der Waals surface area contributed by atoms with Gasteiger partial charge in [0, 0.05) is 12.7 Å². The van der Waals surface area contributed by atoms with Gasteiger partial charge in [-0.25, -0.2) is 4.79 Å². The number of carboxylic acids is 1. The van der Waals surface area contributed by atoms with Gasteiger partial charge >= 0.3 is 5.97 Å². The molecule has 0 radical (unpaired) electrons. The molecule has 0 aliphatic rings. The van der Waals surface area contributed by atoms with Crippen molar-refractivity contribution < 1.29 is 14.7 Å². The average Bonchev–Trinajstić information content (AvgIpc) is 2.29. The van der Waals surface area contributed by atoms with Crippen LogP contribution in [0.3, 0.4) is 0 Å². The number of carboxylic acid groups (broad SMARTS) is 1.